The molecule has 2 aliphatic heterocycles. The Labute approximate surface area is 204 Å². The third kappa shape index (κ3) is 6.06. The number of carbonyl (C=O) groups excluding carboxylic acids is 2. The van der Waals surface area contributed by atoms with Gasteiger partial charge in [0.25, 0.3) is 0 Å². The van der Waals surface area contributed by atoms with E-state index in [0.29, 0.717) is 0 Å². The van der Waals surface area contributed by atoms with Crippen molar-refractivity contribution >= 4 is 11.9 Å². The lowest BCUT2D eigenvalue weighted by Gasteiger charge is -2.34. The maximum Gasteiger partial charge on any atom is 0.329 e. The Hall–Kier alpha value is -2.82. The van der Waals surface area contributed by atoms with Gasteiger partial charge in [-0.1, -0.05) is 60.7 Å². The van der Waals surface area contributed by atoms with Crippen molar-refractivity contribution in [2.24, 2.45) is 0 Å². The first-order chi connectivity index (χ1) is 16.8. The van der Waals surface area contributed by atoms with Crippen LogP contribution in [0.3, 0.4) is 0 Å². The minimum atomic E-state index is -1.13. The molecular weight excluding hydrogens is 454 g/mol. The highest BCUT2D eigenvalue weighted by Crippen LogP contribution is 2.41. The van der Waals surface area contributed by atoms with Gasteiger partial charge in [0.15, 0.2) is 18.1 Å². The number of carbonyl (C=O) groups is 2. The molecule has 35 heavy (non-hydrogen) atoms. The van der Waals surface area contributed by atoms with Crippen LogP contribution < -0.4 is 0 Å². The molecule has 2 aromatic carbocycles. The van der Waals surface area contributed by atoms with Crippen molar-refractivity contribution in [1.82, 2.24) is 5.06 Å². The van der Waals surface area contributed by atoms with Crippen LogP contribution in [0.5, 0.6) is 0 Å². The first-order valence-corrected chi connectivity index (χ1v) is 11.5. The number of fused-ring (bicyclic) bond motifs is 1. The molecule has 0 aromatic heterocycles. The summed E-state index contributed by atoms with van der Waals surface area (Å²) in [5.41, 5.74) is 1.78. The van der Waals surface area contributed by atoms with E-state index >= 15 is 0 Å². The third-order valence-electron chi connectivity index (χ3n) is 5.80. The lowest BCUT2D eigenvalue weighted by atomic mass is 10.0. The molecule has 2 saturated heterocycles. The van der Waals surface area contributed by atoms with Crippen LogP contribution in [-0.4, -0.2) is 60.5 Å². The molecule has 4 rings (SSSR count). The Kier molecular flexibility index (Phi) is 7.83. The molecule has 2 aromatic rings. The summed E-state index contributed by atoms with van der Waals surface area (Å²) in [6.45, 7) is 5.24. The molecule has 0 N–H and O–H groups in total. The molecule has 0 unspecified atom stereocenters. The Balaban J connectivity index is 1.65. The minimum Gasteiger partial charge on any atom is -0.468 e. The van der Waals surface area contributed by atoms with Crippen molar-refractivity contribution in [1.29, 1.82) is 0 Å². The minimum absolute atomic E-state index is 0.133. The molecule has 2 aliphatic rings. The lowest BCUT2D eigenvalue weighted by Crippen LogP contribution is -2.55. The zero-order valence-electron chi connectivity index (χ0n) is 20.3. The maximum absolute atomic E-state index is 13.1. The topological polar surface area (TPSA) is 92.8 Å². The second-order valence-corrected chi connectivity index (χ2v) is 8.94. The van der Waals surface area contributed by atoms with Crippen LogP contribution in [0.15, 0.2) is 60.7 Å². The number of hydrogen-bond donors (Lipinski definition) is 0. The van der Waals surface area contributed by atoms with Crippen molar-refractivity contribution in [3.8, 4) is 0 Å². The van der Waals surface area contributed by atoms with Crippen LogP contribution in [0.25, 0.3) is 0 Å². The van der Waals surface area contributed by atoms with Crippen LogP contribution in [-0.2, 0) is 51.3 Å². The smallest absolute Gasteiger partial charge is 0.329 e. The summed E-state index contributed by atoms with van der Waals surface area (Å²) in [5.74, 6) is -2.10. The van der Waals surface area contributed by atoms with Crippen molar-refractivity contribution in [3.63, 3.8) is 0 Å². The number of esters is 1. The van der Waals surface area contributed by atoms with Gasteiger partial charge >= 0.3 is 11.9 Å². The first kappa shape index (κ1) is 25.3. The fourth-order valence-electron chi connectivity index (χ4n) is 4.37. The van der Waals surface area contributed by atoms with Gasteiger partial charge in [-0.05, 0) is 25.0 Å². The number of nitrogens with zero attached hydrogens (tertiary/aromatic N) is 1. The van der Waals surface area contributed by atoms with E-state index in [-0.39, 0.29) is 13.2 Å². The van der Waals surface area contributed by atoms with E-state index in [2.05, 4.69) is 0 Å². The summed E-state index contributed by atoms with van der Waals surface area (Å²) in [4.78, 5) is 30.6. The largest absolute Gasteiger partial charge is 0.468 e. The van der Waals surface area contributed by atoms with Gasteiger partial charge in [0.2, 0.25) is 0 Å². The molecule has 0 amide bonds. The molecule has 2 heterocycles. The highest BCUT2D eigenvalue weighted by molar-refractivity contribution is 5.77. The number of hydroxylamine groups is 2. The molecule has 0 spiro atoms. The van der Waals surface area contributed by atoms with Crippen molar-refractivity contribution in [2.75, 3.05) is 7.11 Å². The Bertz CT molecular complexity index is 999. The average molecular weight is 486 g/mol. The van der Waals surface area contributed by atoms with E-state index in [9.17, 15) is 9.59 Å². The predicted molar refractivity (Wildman–Crippen MR) is 123 cm³/mol. The zero-order valence-corrected chi connectivity index (χ0v) is 20.3. The van der Waals surface area contributed by atoms with Gasteiger partial charge < -0.3 is 28.5 Å². The molecule has 2 fully saturated rings. The van der Waals surface area contributed by atoms with E-state index in [1.54, 1.807) is 13.8 Å². The summed E-state index contributed by atoms with van der Waals surface area (Å²) >= 11 is 0. The number of hydrogen-bond acceptors (Lipinski definition) is 9. The fraction of sp³-hybridized carbons (Fsp3) is 0.462. The maximum atomic E-state index is 13.1. The number of benzene rings is 2. The van der Waals surface area contributed by atoms with Crippen LogP contribution in [0.2, 0.25) is 0 Å². The van der Waals surface area contributed by atoms with Gasteiger partial charge in [0.05, 0.1) is 20.3 Å². The summed E-state index contributed by atoms with van der Waals surface area (Å²) in [7, 11) is 1.27. The lowest BCUT2D eigenvalue weighted by molar-refractivity contribution is -0.253. The summed E-state index contributed by atoms with van der Waals surface area (Å²) in [5, 5.41) is 1.28. The number of rotatable bonds is 9. The number of ether oxygens (including phenoxy) is 5. The summed E-state index contributed by atoms with van der Waals surface area (Å²) in [6.07, 6.45) is -2.97. The molecule has 9 nitrogen and oxygen atoms in total. The normalized spacial score (nSPS) is 25.7. The molecular formula is C26H31NO8. The second kappa shape index (κ2) is 10.8. The van der Waals surface area contributed by atoms with E-state index < -0.39 is 48.4 Å². The standard InChI is InChI=1S/C26H31NO8/c1-17(28)35-27(15-18-11-7-5-8-12-18)20(24(29)30-4)21-22(31-16-19-13-9-6-10-14-19)23-25(32-21)34-26(2,3)33-23/h5-14,20-23,25H,15-16H2,1-4H3/t20-,21-,22+,23-,25-/m1/s1. The van der Waals surface area contributed by atoms with Gasteiger partial charge in [0, 0.05) is 6.92 Å². The Morgan fingerprint density at radius 3 is 2.23 bits per heavy atom. The fourth-order valence-corrected chi connectivity index (χ4v) is 4.37. The van der Waals surface area contributed by atoms with Gasteiger partial charge in [0.1, 0.15) is 18.3 Å². The zero-order chi connectivity index (χ0) is 25.0. The van der Waals surface area contributed by atoms with Gasteiger partial charge in [-0.2, -0.15) is 0 Å². The Morgan fingerprint density at radius 1 is 1.00 bits per heavy atom. The Morgan fingerprint density at radius 2 is 1.63 bits per heavy atom. The van der Waals surface area contributed by atoms with E-state index in [4.69, 9.17) is 28.5 Å². The summed E-state index contributed by atoms with van der Waals surface area (Å²) in [6, 6.07) is 17.8. The van der Waals surface area contributed by atoms with Crippen LogP contribution in [0, 0.1) is 0 Å². The monoisotopic (exact) mass is 485 g/mol. The summed E-state index contributed by atoms with van der Waals surface area (Å²) < 4.78 is 29.6. The number of methoxy groups -OCH3 is 1. The van der Waals surface area contributed by atoms with E-state index in [1.807, 2.05) is 60.7 Å². The van der Waals surface area contributed by atoms with Crippen molar-refractivity contribution in [2.45, 2.75) is 70.4 Å². The van der Waals surface area contributed by atoms with Gasteiger partial charge in [-0.3, -0.25) is 9.59 Å². The molecule has 0 radical (unpaired) electrons. The first-order valence-electron chi connectivity index (χ1n) is 11.5. The highest BCUT2D eigenvalue weighted by Gasteiger charge is 2.60. The van der Waals surface area contributed by atoms with Crippen LogP contribution >= 0.6 is 0 Å². The van der Waals surface area contributed by atoms with Crippen molar-refractivity contribution in [3.05, 3.63) is 71.8 Å². The molecule has 188 valence electrons. The predicted octanol–water partition coefficient (Wildman–Crippen LogP) is 2.97. The van der Waals surface area contributed by atoms with Crippen LogP contribution in [0.4, 0.5) is 0 Å². The van der Waals surface area contributed by atoms with Gasteiger partial charge in [-0.15, -0.1) is 5.06 Å². The van der Waals surface area contributed by atoms with Crippen molar-refractivity contribution < 1.29 is 38.1 Å². The quantitative estimate of drug-likeness (QED) is 0.393. The van der Waals surface area contributed by atoms with E-state index in [1.165, 1.54) is 19.1 Å². The molecule has 0 saturated carbocycles. The SMILES string of the molecule is COC(=O)[C@@H]([C@H]1O[C@@H]2OC(C)(C)O[C@@H]2[C@H]1OCc1ccccc1)N(Cc1ccccc1)OC(C)=O. The molecule has 0 bridgehead atoms. The highest BCUT2D eigenvalue weighted by atomic mass is 16.8. The molecule has 0 aliphatic carbocycles. The van der Waals surface area contributed by atoms with Crippen LogP contribution in [0.1, 0.15) is 31.9 Å². The average Bonchev–Trinajstić information content (AvgIpc) is 3.30. The second-order valence-electron chi connectivity index (χ2n) is 8.94. The molecule has 9 heteroatoms. The molecule has 5 atom stereocenters. The van der Waals surface area contributed by atoms with E-state index in [0.717, 1.165) is 11.1 Å². The van der Waals surface area contributed by atoms with Gasteiger partial charge in [-0.25, -0.2) is 0 Å². The third-order valence-corrected chi connectivity index (χ3v) is 5.80.